The standard InChI is InChI=1S/C15H20FN3O/c1-3-5-6-7-10-19(17-4-2)15-18-13-11-12(16)8-9-14(13)20-15/h4,8-9,11H,3,5-7,10H2,1-2H3/b17-4+. The Morgan fingerprint density at radius 3 is 2.95 bits per heavy atom. The summed E-state index contributed by atoms with van der Waals surface area (Å²) in [5, 5.41) is 6.00. The fourth-order valence-corrected chi connectivity index (χ4v) is 2.03. The molecule has 0 bridgehead atoms. The topological polar surface area (TPSA) is 41.6 Å². The Morgan fingerprint density at radius 2 is 2.20 bits per heavy atom. The molecule has 0 saturated carbocycles. The summed E-state index contributed by atoms with van der Waals surface area (Å²) in [5.74, 6) is -0.314. The SMILES string of the molecule is C/C=N/N(CCCCCC)c1nc2cc(F)ccc2o1. The van der Waals surface area contributed by atoms with Crippen molar-refractivity contribution in [3.63, 3.8) is 0 Å². The number of hydrogen-bond acceptors (Lipinski definition) is 4. The maximum atomic E-state index is 13.2. The van der Waals surface area contributed by atoms with Gasteiger partial charge in [0.2, 0.25) is 0 Å². The predicted octanol–water partition coefficient (Wildman–Crippen LogP) is 4.36. The lowest BCUT2D eigenvalue weighted by Gasteiger charge is -2.13. The second-order valence-electron chi connectivity index (χ2n) is 4.67. The van der Waals surface area contributed by atoms with Crippen LogP contribution in [0.1, 0.15) is 39.5 Å². The number of nitrogens with zero attached hydrogens (tertiary/aromatic N) is 3. The van der Waals surface area contributed by atoms with Crippen LogP contribution in [0.3, 0.4) is 0 Å². The maximum absolute atomic E-state index is 13.2. The van der Waals surface area contributed by atoms with E-state index in [1.807, 2.05) is 6.92 Å². The van der Waals surface area contributed by atoms with Crippen LogP contribution in [-0.4, -0.2) is 17.7 Å². The van der Waals surface area contributed by atoms with Crippen LogP contribution >= 0.6 is 0 Å². The van der Waals surface area contributed by atoms with E-state index in [4.69, 9.17) is 4.42 Å². The van der Waals surface area contributed by atoms with Crippen molar-refractivity contribution < 1.29 is 8.81 Å². The second kappa shape index (κ2) is 7.03. The number of anilines is 1. The molecule has 5 heteroatoms. The average Bonchev–Trinajstić information content (AvgIpc) is 2.85. The minimum Gasteiger partial charge on any atom is -0.422 e. The third-order valence-electron chi connectivity index (χ3n) is 3.04. The summed E-state index contributed by atoms with van der Waals surface area (Å²) >= 11 is 0. The molecule has 1 aromatic heterocycles. The minimum atomic E-state index is -0.314. The molecule has 0 spiro atoms. The van der Waals surface area contributed by atoms with Gasteiger partial charge in [-0.2, -0.15) is 10.1 Å². The molecule has 0 N–H and O–H groups in total. The molecule has 2 aromatic rings. The first-order valence-corrected chi connectivity index (χ1v) is 7.06. The molecule has 0 saturated heterocycles. The first kappa shape index (κ1) is 14.5. The monoisotopic (exact) mass is 277 g/mol. The zero-order valence-corrected chi connectivity index (χ0v) is 12.0. The van der Waals surface area contributed by atoms with Gasteiger partial charge < -0.3 is 4.42 Å². The van der Waals surface area contributed by atoms with Gasteiger partial charge in [-0.05, 0) is 25.5 Å². The first-order chi connectivity index (χ1) is 9.74. The number of rotatable bonds is 7. The van der Waals surface area contributed by atoms with Crippen molar-refractivity contribution in [2.75, 3.05) is 11.6 Å². The Hall–Kier alpha value is -1.91. The fraction of sp³-hybridized carbons (Fsp3) is 0.467. The molecule has 0 aliphatic rings. The number of hydrazone groups is 1. The molecule has 4 nitrogen and oxygen atoms in total. The molecule has 1 aromatic carbocycles. The number of aromatic nitrogens is 1. The Labute approximate surface area is 118 Å². The lowest BCUT2D eigenvalue weighted by atomic mass is 10.2. The van der Waals surface area contributed by atoms with Crippen LogP contribution in [0.25, 0.3) is 11.1 Å². The van der Waals surface area contributed by atoms with Gasteiger partial charge in [-0.15, -0.1) is 0 Å². The van der Waals surface area contributed by atoms with Crippen molar-refractivity contribution in [2.24, 2.45) is 5.10 Å². The Morgan fingerprint density at radius 1 is 1.35 bits per heavy atom. The van der Waals surface area contributed by atoms with E-state index in [0.29, 0.717) is 17.1 Å². The van der Waals surface area contributed by atoms with Gasteiger partial charge >= 0.3 is 6.01 Å². The largest absolute Gasteiger partial charge is 0.422 e. The van der Waals surface area contributed by atoms with E-state index in [0.717, 1.165) is 19.4 Å². The van der Waals surface area contributed by atoms with E-state index in [-0.39, 0.29) is 5.82 Å². The first-order valence-electron chi connectivity index (χ1n) is 7.06. The van der Waals surface area contributed by atoms with Crippen molar-refractivity contribution in [3.8, 4) is 0 Å². The van der Waals surface area contributed by atoms with Crippen LogP contribution in [0.2, 0.25) is 0 Å². The van der Waals surface area contributed by atoms with E-state index in [2.05, 4.69) is 17.0 Å². The molecular weight excluding hydrogens is 257 g/mol. The van der Waals surface area contributed by atoms with Gasteiger partial charge in [-0.1, -0.05) is 26.2 Å². The summed E-state index contributed by atoms with van der Waals surface area (Å²) in [7, 11) is 0. The third kappa shape index (κ3) is 3.56. The number of benzene rings is 1. The predicted molar refractivity (Wildman–Crippen MR) is 79.6 cm³/mol. The molecule has 20 heavy (non-hydrogen) atoms. The Kier molecular flexibility index (Phi) is 5.09. The lowest BCUT2D eigenvalue weighted by molar-refractivity contribution is 0.557. The third-order valence-corrected chi connectivity index (χ3v) is 3.04. The van der Waals surface area contributed by atoms with Crippen molar-refractivity contribution in [1.82, 2.24) is 4.98 Å². The average molecular weight is 277 g/mol. The van der Waals surface area contributed by atoms with Gasteiger partial charge in [0.15, 0.2) is 5.58 Å². The van der Waals surface area contributed by atoms with E-state index in [9.17, 15) is 4.39 Å². The van der Waals surface area contributed by atoms with E-state index < -0.39 is 0 Å². The Balaban J connectivity index is 2.13. The molecular formula is C15H20FN3O. The van der Waals surface area contributed by atoms with E-state index >= 15 is 0 Å². The van der Waals surface area contributed by atoms with Crippen LogP contribution in [0, 0.1) is 5.82 Å². The Bertz CT molecular complexity index is 580. The highest BCUT2D eigenvalue weighted by Crippen LogP contribution is 2.23. The van der Waals surface area contributed by atoms with Gasteiger partial charge in [0.1, 0.15) is 11.3 Å². The molecule has 0 amide bonds. The van der Waals surface area contributed by atoms with Gasteiger partial charge in [0, 0.05) is 18.8 Å². The highest BCUT2D eigenvalue weighted by Gasteiger charge is 2.13. The van der Waals surface area contributed by atoms with Gasteiger partial charge in [-0.25, -0.2) is 9.40 Å². The molecule has 0 radical (unpaired) electrons. The zero-order chi connectivity index (χ0) is 14.4. The molecule has 0 unspecified atom stereocenters. The van der Waals surface area contributed by atoms with Crippen molar-refractivity contribution in [3.05, 3.63) is 24.0 Å². The highest BCUT2D eigenvalue weighted by molar-refractivity contribution is 5.74. The van der Waals surface area contributed by atoms with Crippen molar-refractivity contribution in [2.45, 2.75) is 39.5 Å². The molecule has 0 aliphatic heterocycles. The van der Waals surface area contributed by atoms with Gasteiger partial charge in [-0.3, -0.25) is 0 Å². The van der Waals surface area contributed by atoms with Crippen LogP contribution < -0.4 is 5.01 Å². The summed E-state index contributed by atoms with van der Waals surface area (Å²) < 4.78 is 18.8. The van der Waals surface area contributed by atoms with Crippen LogP contribution in [-0.2, 0) is 0 Å². The minimum absolute atomic E-state index is 0.314. The quantitative estimate of drug-likeness (QED) is 0.429. The van der Waals surface area contributed by atoms with E-state index in [1.165, 1.54) is 25.0 Å². The lowest BCUT2D eigenvalue weighted by Crippen LogP contribution is -2.18. The van der Waals surface area contributed by atoms with Crippen molar-refractivity contribution >= 4 is 23.3 Å². The van der Waals surface area contributed by atoms with Gasteiger partial charge in [0.25, 0.3) is 0 Å². The summed E-state index contributed by atoms with van der Waals surface area (Å²) in [6.07, 6.45) is 6.29. The normalized spacial score (nSPS) is 11.6. The maximum Gasteiger partial charge on any atom is 0.319 e. The number of oxazole rings is 1. The summed E-state index contributed by atoms with van der Waals surface area (Å²) in [5.41, 5.74) is 1.09. The van der Waals surface area contributed by atoms with Crippen LogP contribution in [0.15, 0.2) is 27.7 Å². The molecule has 0 aliphatic carbocycles. The number of hydrogen-bond donors (Lipinski definition) is 0. The fourth-order valence-electron chi connectivity index (χ4n) is 2.03. The van der Waals surface area contributed by atoms with Crippen LogP contribution in [0.4, 0.5) is 10.4 Å². The smallest absolute Gasteiger partial charge is 0.319 e. The molecule has 0 atom stereocenters. The number of unbranched alkanes of at least 4 members (excludes halogenated alkanes) is 3. The van der Waals surface area contributed by atoms with E-state index in [1.54, 1.807) is 17.3 Å². The molecule has 1 heterocycles. The van der Waals surface area contributed by atoms with Gasteiger partial charge in [0.05, 0.1) is 0 Å². The summed E-state index contributed by atoms with van der Waals surface area (Å²) in [4.78, 5) is 4.30. The zero-order valence-electron chi connectivity index (χ0n) is 12.0. The number of fused-ring (bicyclic) bond motifs is 1. The molecule has 108 valence electrons. The van der Waals surface area contributed by atoms with Crippen molar-refractivity contribution in [1.29, 1.82) is 0 Å². The molecule has 0 fully saturated rings. The second-order valence-corrected chi connectivity index (χ2v) is 4.67. The highest BCUT2D eigenvalue weighted by atomic mass is 19.1. The van der Waals surface area contributed by atoms with Crippen LogP contribution in [0.5, 0.6) is 0 Å². The summed E-state index contributed by atoms with van der Waals surface area (Å²) in [6.45, 7) is 4.78. The summed E-state index contributed by atoms with van der Waals surface area (Å²) in [6, 6.07) is 4.74. The molecule has 2 rings (SSSR count). The number of halogens is 1.